The van der Waals surface area contributed by atoms with Crippen molar-refractivity contribution in [3.63, 3.8) is 0 Å². The molecule has 0 saturated heterocycles. The number of rotatable bonds is 2. The van der Waals surface area contributed by atoms with E-state index in [0.29, 0.717) is 0 Å². The summed E-state index contributed by atoms with van der Waals surface area (Å²) in [6, 6.07) is 2.84. The summed E-state index contributed by atoms with van der Waals surface area (Å²) in [7, 11) is 0. The Hall–Kier alpha value is -1.89. The predicted molar refractivity (Wildman–Crippen MR) is 54.6 cm³/mol. The average Bonchev–Trinajstić information content (AvgIpc) is 2.17. The van der Waals surface area contributed by atoms with Gasteiger partial charge in [-0.3, -0.25) is 4.79 Å². The number of hydrogen-bond donors (Lipinski definition) is 1. The Balaban J connectivity index is 2.89. The lowest BCUT2D eigenvalue weighted by atomic mass is 10.1. The van der Waals surface area contributed by atoms with Crippen molar-refractivity contribution in [1.29, 1.82) is 0 Å². The van der Waals surface area contributed by atoms with Crippen molar-refractivity contribution in [3.8, 4) is 12.3 Å². The quantitative estimate of drug-likeness (QED) is 0.586. The number of nitrogens with one attached hydrogen (secondary N) is 1. The molecule has 0 aliphatic heterocycles. The van der Waals surface area contributed by atoms with Crippen molar-refractivity contribution >= 4 is 5.91 Å². The normalized spacial score (nSPS) is 10.5. The molecule has 0 fully saturated rings. The summed E-state index contributed by atoms with van der Waals surface area (Å²) in [6.07, 6.45) is 6.47. The molecule has 1 aromatic heterocycles. The van der Waals surface area contributed by atoms with Gasteiger partial charge in [0.15, 0.2) is 0 Å². The molecule has 1 aromatic rings. The number of aromatic nitrogens is 1. The minimum Gasteiger partial charge on any atom is -0.336 e. The molecule has 0 unspecified atom stereocenters. The number of amides is 1. The minimum absolute atomic E-state index is 0.110. The van der Waals surface area contributed by atoms with E-state index in [1.807, 2.05) is 0 Å². The summed E-state index contributed by atoms with van der Waals surface area (Å²) in [5.74, 6) is 1.02. The largest absolute Gasteiger partial charge is 0.336 e. The van der Waals surface area contributed by atoms with Crippen LogP contribution in [0.3, 0.4) is 0 Å². The number of hydrogen-bond acceptors (Lipinski definition) is 2. The fourth-order valence-corrected chi connectivity index (χ4v) is 0.943. The number of carbonyl (C=O) groups excluding carboxylic acids is 1. The first kappa shape index (κ1) is 11.2. The van der Waals surface area contributed by atoms with Crippen LogP contribution in [-0.2, 0) is 0 Å². The topological polar surface area (TPSA) is 42.0 Å². The van der Waals surface area contributed by atoms with E-state index in [-0.39, 0.29) is 5.56 Å². The number of halogens is 1. The zero-order valence-corrected chi connectivity index (χ0v) is 8.54. The zero-order chi connectivity index (χ0) is 11.5. The van der Waals surface area contributed by atoms with Crippen molar-refractivity contribution in [2.75, 3.05) is 0 Å². The second-order valence-corrected chi connectivity index (χ2v) is 3.57. The Morgan fingerprint density at radius 2 is 2.33 bits per heavy atom. The molecule has 0 aromatic carbocycles. The van der Waals surface area contributed by atoms with Crippen LogP contribution < -0.4 is 5.32 Å². The van der Waals surface area contributed by atoms with Crippen LogP contribution >= 0.6 is 0 Å². The lowest BCUT2D eigenvalue weighted by Gasteiger charge is -2.19. The molecule has 0 aliphatic carbocycles. The van der Waals surface area contributed by atoms with Gasteiger partial charge in [-0.15, -0.1) is 6.42 Å². The molecule has 15 heavy (non-hydrogen) atoms. The van der Waals surface area contributed by atoms with Gasteiger partial charge in [0.1, 0.15) is 0 Å². The molecule has 78 valence electrons. The van der Waals surface area contributed by atoms with Gasteiger partial charge in [-0.25, -0.2) is 4.98 Å². The molecule has 1 rings (SSSR count). The predicted octanol–water partition coefficient (Wildman–Crippen LogP) is 1.36. The molecule has 1 amide bonds. The first-order valence-corrected chi connectivity index (χ1v) is 4.37. The molecule has 0 bridgehead atoms. The summed E-state index contributed by atoms with van der Waals surface area (Å²) in [4.78, 5) is 14.9. The van der Waals surface area contributed by atoms with Crippen molar-refractivity contribution in [2.24, 2.45) is 0 Å². The van der Waals surface area contributed by atoms with Gasteiger partial charge in [0, 0.05) is 6.20 Å². The third-order valence-electron chi connectivity index (χ3n) is 1.79. The van der Waals surface area contributed by atoms with Gasteiger partial charge in [0.2, 0.25) is 5.95 Å². The zero-order valence-electron chi connectivity index (χ0n) is 8.54. The summed E-state index contributed by atoms with van der Waals surface area (Å²) in [6.45, 7) is 3.30. The standard InChI is InChI=1S/C11H11FN2O/c1-4-11(2,3)14-10(15)8-6-5-7-13-9(8)12/h1,5-7H,2-3H3,(H,14,15). The third-order valence-corrected chi connectivity index (χ3v) is 1.79. The van der Waals surface area contributed by atoms with E-state index in [4.69, 9.17) is 6.42 Å². The lowest BCUT2D eigenvalue weighted by Crippen LogP contribution is -2.42. The Labute approximate surface area is 87.7 Å². The van der Waals surface area contributed by atoms with Gasteiger partial charge in [-0.05, 0) is 26.0 Å². The number of carbonyl (C=O) groups is 1. The van der Waals surface area contributed by atoms with E-state index in [9.17, 15) is 9.18 Å². The molecule has 1 heterocycles. The Morgan fingerprint density at radius 1 is 1.67 bits per heavy atom. The van der Waals surface area contributed by atoms with Crippen molar-refractivity contribution in [2.45, 2.75) is 19.4 Å². The van der Waals surface area contributed by atoms with E-state index in [1.165, 1.54) is 18.3 Å². The van der Waals surface area contributed by atoms with Crippen LogP contribution in [0.15, 0.2) is 18.3 Å². The highest BCUT2D eigenvalue weighted by atomic mass is 19.1. The molecular formula is C11H11FN2O. The first-order valence-electron chi connectivity index (χ1n) is 4.37. The monoisotopic (exact) mass is 206 g/mol. The van der Waals surface area contributed by atoms with E-state index < -0.39 is 17.4 Å². The lowest BCUT2D eigenvalue weighted by molar-refractivity contribution is 0.0925. The number of nitrogens with zero attached hydrogens (tertiary/aromatic N) is 1. The highest BCUT2D eigenvalue weighted by Gasteiger charge is 2.20. The van der Waals surface area contributed by atoms with Crippen LogP contribution in [0.4, 0.5) is 4.39 Å². The van der Waals surface area contributed by atoms with Crippen LogP contribution in [0.25, 0.3) is 0 Å². The molecule has 1 N–H and O–H groups in total. The van der Waals surface area contributed by atoms with Crippen LogP contribution in [0.5, 0.6) is 0 Å². The maximum absolute atomic E-state index is 13.1. The van der Waals surface area contributed by atoms with Crippen LogP contribution in [-0.4, -0.2) is 16.4 Å². The van der Waals surface area contributed by atoms with E-state index >= 15 is 0 Å². The molecular weight excluding hydrogens is 195 g/mol. The highest BCUT2D eigenvalue weighted by Crippen LogP contribution is 2.06. The van der Waals surface area contributed by atoms with Crippen molar-refractivity contribution < 1.29 is 9.18 Å². The molecule has 0 spiro atoms. The van der Waals surface area contributed by atoms with Gasteiger partial charge in [0.25, 0.3) is 5.91 Å². The molecule has 0 radical (unpaired) electrons. The van der Waals surface area contributed by atoms with E-state index in [2.05, 4.69) is 16.2 Å². The molecule has 3 nitrogen and oxygen atoms in total. The summed E-state index contributed by atoms with van der Waals surface area (Å²) in [5, 5.41) is 2.51. The summed E-state index contributed by atoms with van der Waals surface area (Å²) >= 11 is 0. The third kappa shape index (κ3) is 2.78. The Kier molecular flexibility index (Phi) is 3.05. The number of terminal acetylenes is 1. The van der Waals surface area contributed by atoms with Crippen LogP contribution in [0, 0.1) is 18.3 Å². The maximum atomic E-state index is 13.1. The van der Waals surface area contributed by atoms with Crippen molar-refractivity contribution in [1.82, 2.24) is 10.3 Å². The molecule has 4 heteroatoms. The smallest absolute Gasteiger partial charge is 0.257 e. The van der Waals surface area contributed by atoms with E-state index in [1.54, 1.807) is 13.8 Å². The number of pyridine rings is 1. The van der Waals surface area contributed by atoms with E-state index in [0.717, 1.165) is 0 Å². The summed E-state index contributed by atoms with van der Waals surface area (Å²) < 4.78 is 13.1. The van der Waals surface area contributed by atoms with Gasteiger partial charge in [-0.1, -0.05) is 5.92 Å². The fourth-order valence-electron chi connectivity index (χ4n) is 0.943. The summed E-state index contributed by atoms with van der Waals surface area (Å²) in [5.41, 5.74) is -0.917. The van der Waals surface area contributed by atoms with Gasteiger partial charge in [0.05, 0.1) is 11.1 Å². The fraction of sp³-hybridized carbons (Fsp3) is 0.273. The van der Waals surface area contributed by atoms with Gasteiger partial charge >= 0.3 is 0 Å². The highest BCUT2D eigenvalue weighted by molar-refractivity contribution is 5.94. The van der Waals surface area contributed by atoms with Gasteiger partial charge < -0.3 is 5.32 Å². The second kappa shape index (κ2) is 4.09. The SMILES string of the molecule is C#CC(C)(C)NC(=O)c1cccnc1F. The minimum atomic E-state index is -0.806. The second-order valence-electron chi connectivity index (χ2n) is 3.57. The molecule has 0 saturated carbocycles. The van der Waals surface area contributed by atoms with Crippen LogP contribution in [0.1, 0.15) is 24.2 Å². The molecule has 0 atom stereocenters. The van der Waals surface area contributed by atoms with Crippen LogP contribution in [0.2, 0.25) is 0 Å². The first-order chi connectivity index (χ1) is 6.96. The maximum Gasteiger partial charge on any atom is 0.257 e. The van der Waals surface area contributed by atoms with Gasteiger partial charge in [-0.2, -0.15) is 4.39 Å². The molecule has 0 aliphatic rings. The van der Waals surface area contributed by atoms with Crippen molar-refractivity contribution in [3.05, 3.63) is 29.8 Å². The Bertz CT molecular complexity index is 421. The Morgan fingerprint density at radius 3 is 2.87 bits per heavy atom. The average molecular weight is 206 g/mol.